The zero-order chi connectivity index (χ0) is 12.1. The Kier molecular flexibility index (Phi) is 4.95. The van der Waals surface area contributed by atoms with Gasteiger partial charge in [0.1, 0.15) is 5.01 Å². The van der Waals surface area contributed by atoms with Crippen LogP contribution in [0.15, 0.2) is 5.38 Å². The third-order valence-electron chi connectivity index (χ3n) is 3.48. The molecule has 0 bridgehead atoms. The summed E-state index contributed by atoms with van der Waals surface area (Å²) in [6.07, 6.45) is 4.91. The molecule has 1 atom stereocenters. The van der Waals surface area contributed by atoms with Crippen molar-refractivity contribution < 1.29 is 0 Å². The third-order valence-corrected chi connectivity index (χ3v) is 4.48. The van der Waals surface area contributed by atoms with Crippen LogP contribution in [0.25, 0.3) is 0 Å². The molecule has 1 fully saturated rings. The van der Waals surface area contributed by atoms with Gasteiger partial charge < -0.3 is 5.32 Å². The van der Waals surface area contributed by atoms with Gasteiger partial charge in [-0.2, -0.15) is 0 Å². The Bertz CT molecular complexity index is 337. The smallest absolute Gasteiger partial charge is 0.110 e. The van der Waals surface area contributed by atoms with Gasteiger partial charge in [0.2, 0.25) is 0 Å². The van der Waals surface area contributed by atoms with Gasteiger partial charge in [-0.15, -0.1) is 11.3 Å². The molecule has 1 unspecified atom stereocenters. The number of hydrogen-bond acceptors (Lipinski definition) is 4. The fraction of sp³-hybridized carbons (Fsp3) is 0.769. The molecule has 1 saturated heterocycles. The van der Waals surface area contributed by atoms with Crippen molar-refractivity contribution in [3.05, 3.63) is 16.1 Å². The van der Waals surface area contributed by atoms with E-state index >= 15 is 0 Å². The van der Waals surface area contributed by atoms with Crippen molar-refractivity contribution in [3.8, 4) is 0 Å². The van der Waals surface area contributed by atoms with Crippen LogP contribution in [0.2, 0.25) is 0 Å². The summed E-state index contributed by atoms with van der Waals surface area (Å²) in [6.45, 7) is 5.73. The monoisotopic (exact) mass is 253 g/mol. The number of aryl methyl sites for hydroxylation is 1. The molecule has 0 spiro atoms. The first-order valence-corrected chi connectivity index (χ1v) is 7.56. The lowest BCUT2D eigenvalue weighted by Gasteiger charge is -2.20. The highest BCUT2D eigenvalue weighted by Crippen LogP contribution is 2.33. The predicted octanol–water partition coefficient (Wildman–Crippen LogP) is 2.45. The SMILES string of the molecule is CCN1CCCC1c1nc(CCCNC)cs1. The molecule has 2 rings (SSSR count). The van der Waals surface area contributed by atoms with Crippen LogP contribution >= 0.6 is 11.3 Å². The standard InChI is InChI=1S/C13H23N3S/c1-3-16-9-5-7-12(16)13-15-11(10-17-13)6-4-8-14-2/h10,12,14H,3-9H2,1-2H3. The van der Waals surface area contributed by atoms with Crippen LogP contribution in [0.5, 0.6) is 0 Å². The minimum Gasteiger partial charge on any atom is -0.320 e. The van der Waals surface area contributed by atoms with Gasteiger partial charge in [-0.3, -0.25) is 4.90 Å². The average Bonchev–Trinajstić information content (AvgIpc) is 2.96. The highest BCUT2D eigenvalue weighted by Gasteiger charge is 2.26. The van der Waals surface area contributed by atoms with Crippen molar-refractivity contribution in [2.45, 2.75) is 38.6 Å². The fourth-order valence-electron chi connectivity index (χ4n) is 2.52. The molecular formula is C13H23N3S. The van der Waals surface area contributed by atoms with Gasteiger partial charge in [0, 0.05) is 5.38 Å². The van der Waals surface area contributed by atoms with Crippen LogP contribution in [0.4, 0.5) is 0 Å². The summed E-state index contributed by atoms with van der Waals surface area (Å²) in [5.41, 5.74) is 1.28. The highest BCUT2D eigenvalue weighted by molar-refractivity contribution is 7.09. The van der Waals surface area contributed by atoms with E-state index in [-0.39, 0.29) is 0 Å². The zero-order valence-electron chi connectivity index (χ0n) is 10.9. The second kappa shape index (κ2) is 6.47. The summed E-state index contributed by atoms with van der Waals surface area (Å²) in [4.78, 5) is 7.36. The Morgan fingerprint density at radius 3 is 3.24 bits per heavy atom. The third kappa shape index (κ3) is 3.27. The molecule has 1 aliphatic rings. The van der Waals surface area contributed by atoms with E-state index in [1.165, 1.54) is 36.5 Å². The Morgan fingerprint density at radius 1 is 1.59 bits per heavy atom. The average molecular weight is 253 g/mol. The van der Waals surface area contributed by atoms with E-state index in [4.69, 9.17) is 4.98 Å². The second-order valence-electron chi connectivity index (χ2n) is 4.67. The molecule has 2 heterocycles. The summed E-state index contributed by atoms with van der Waals surface area (Å²) in [5, 5.41) is 6.77. The first-order chi connectivity index (χ1) is 8.35. The minimum absolute atomic E-state index is 0.600. The zero-order valence-corrected chi connectivity index (χ0v) is 11.7. The predicted molar refractivity (Wildman–Crippen MR) is 73.6 cm³/mol. The van der Waals surface area contributed by atoms with Gasteiger partial charge in [0.25, 0.3) is 0 Å². The molecule has 1 aromatic rings. The lowest BCUT2D eigenvalue weighted by Crippen LogP contribution is -2.22. The number of aromatic nitrogens is 1. The van der Waals surface area contributed by atoms with E-state index in [0.717, 1.165) is 19.5 Å². The number of likely N-dealkylation sites (tertiary alicyclic amines) is 1. The molecule has 0 radical (unpaired) electrons. The van der Waals surface area contributed by atoms with Gasteiger partial charge in [0.05, 0.1) is 11.7 Å². The molecule has 1 aliphatic heterocycles. The lowest BCUT2D eigenvalue weighted by atomic mass is 10.2. The van der Waals surface area contributed by atoms with Crippen molar-refractivity contribution in [3.63, 3.8) is 0 Å². The molecule has 0 saturated carbocycles. The number of nitrogens with zero attached hydrogens (tertiary/aromatic N) is 2. The van der Waals surface area contributed by atoms with Crippen molar-refractivity contribution in [2.24, 2.45) is 0 Å². The Hall–Kier alpha value is -0.450. The van der Waals surface area contributed by atoms with Crippen LogP contribution in [0, 0.1) is 0 Å². The Balaban J connectivity index is 1.93. The van der Waals surface area contributed by atoms with Crippen LogP contribution in [0.1, 0.15) is 42.9 Å². The molecule has 1 aromatic heterocycles. The number of nitrogens with one attached hydrogen (secondary N) is 1. The van der Waals surface area contributed by atoms with Gasteiger partial charge in [0.15, 0.2) is 0 Å². The van der Waals surface area contributed by atoms with Gasteiger partial charge in [-0.05, 0) is 52.4 Å². The van der Waals surface area contributed by atoms with Gasteiger partial charge in [-0.1, -0.05) is 6.92 Å². The summed E-state index contributed by atoms with van der Waals surface area (Å²) in [7, 11) is 2.00. The van der Waals surface area contributed by atoms with Crippen molar-refractivity contribution >= 4 is 11.3 Å². The molecule has 4 heteroatoms. The minimum atomic E-state index is 0.600. The molecule has 17 heavy (non-hydrogen) atoms. The van der Waals surface area contributed by atoms with E-state index in [9.17, 15) is 0 Å². The number of rotatable bonds is 6. The van der Waals surface area contributed by atoms with Crippen molar-refractivity contribution in [1.82, 2.24) is 15.2 Å². The first kappa shape index (κ1) is 13.0. The molecule has 3 nitrogen and oxygen atoms in total. The number of thiazole rings is 1. The molecule has 0 aliphatic carbocycles. The Morgan fingerprint density at radius 2 is 2.47 bits per heavy atom. The normalized spacial score (nSPS) is 21.2. The molecule has 1 N–H and O–H groups in total. The maximum atomic E-state index is 4.81. The second-order valence-corrected chi connectivity index (χ2v) is 5.56. The van der Waals surface area contributed by atoms with Gasteiger partial charge >= 0.3 is 0 Å². The largest absolute Gasteiger partial charge is 0.320 e. The van der Waals surface area contributed by atoms with E-state index in [2.05, 4.69) is 22.5 Å². The van der Waals surface area contributed by atoms with Crippen LogP contribution in [-0.2, 0) is 6.42 Å². The number of hydrogen-bond donors (Lipinski definition) is 1. The quantitative estimate of drug-likeness (QED) is 0.789. The first-order valence-electron chi connectivity index (χ1n) is 6.68. The molecular weight excluding hydrogens is 230 g/mol. The summed E-state index contributed by atoms with van der Waals surface area (Å²) < 4.78 is 0. The highest BCUT2D eigenvalue weighted by atomic mass is 32.1. The van der Waals surface area contributed by atoms with Crippen LogP contribution in [-0.4, -0.2) is 36.6 Å². The van der Waals surface area contributed by atoms with Crippen molar-refractivity contribution in [1.29, 1.82) is 0 Å². The maximum Gasteiger partial charge on any atom is 0.110 e. The van der Waals surface area contributed by atoms with Crippen LogP contribution < -0.4 is 5.32 Å². The Labute approximate surface area is 108 Å². The van der Waals surface area contributed by atoms with E-state index < -0.39 is 0 Å². The van der Waals surface area contributed by atoms with E-state index in [0.29, 0.717) is 6.04 Å². The molecule has 0 amide bonds. The summed E-state index contributed by atoms with van der Waals surface area (Å²) >= 11 is 1.85. The lowest BCUT2D eigenvalue weighted by molar-refractivity contribution is 0.271. The molecule has 0 aromatic carbocycles. The van der Waals surface area contributed by atoms with Crippen molar-refractivity contribution in [2.75, 3.05) is 26.7 Å². The summed E-state index contributed by atoms with van der Waals surface area (Å²) in [6, 6.07) is 0.600. The molecule has 96 valence electrons. The van der Waals surface area contributed by atoms with Crippen LogP contribution in [0.3, 0.4) is 0 Å². The van der Waals surface area contributed by atoms with E-state index in [1.54, 1.807) is 0 Å². The topological polar surface area (TPSA) is 28.2 Å². The van der Waals surface area contributed by atoms with E-state index in [1.807, 2.05) is 18.4 Å². The summed E-state index contributed by atoms with van der Waals surface area (Å²) in [5.74, 6) is 0. The fourth-order valence-corrected chi connectivity index (χ4v) is 3.54. The maximum absolute atomic E-state index is 4.81. The van der Waals surface area contributed by atoms with Gasteiger partial charge in [-0.25, -0.2) is 4.98 Å².